The smallest absolute Gasteiger partial charge is 0.271 e. The fourth-order valence-corrected chi connectivity index (χ4v) is 1.83. The van der Waals surface area contributed by atoms with Gasteiger partial charge in [-0.3, -0.25) is 9.89 Å². The highest BCUT2D eigenvalue weighted by atomic mass is 19.1. The Morgan fingerprint density at radius 3 is 2.61 bits per heavy atom. The molecule has 0 aliphatic heterocycles. The standard InChI is InChI=1S/C13H14F2N2O/c1-8(2)5-10-7-13(18)17(16-10)12-4-3-9(14)6-11(12)15/h3-4,6-8,16H,5H2,1-2H3. The Labute approximate surface area is 103 Å². The van der Waals surface area contributed by atoms with Crippen LogP contribution in [0, 0.1) is 17.6 Å². The third-order valence-electron chi connectivity index (χ3n) is 2.55. The predicted molar refractivity (Wildman–Crippen MR) is 64.8 cm³/mol. The summed E-state index contributed by atoms with van der Waals surface area (Å²) in [7, 11) is 0. The molecule has 2 rings (SSSR count). The Hall–Kier alpha value is -1.91. The molecule has 0 fully saturated rings. The fourth-order valence-electron chi connectivity index (χ4n) is 1.83. The number of aromatic amines is 1. The molecule has 0 unspecified atom stereocenters. The van der Waals surface area contributed by atoms with Crippen molar-refractivity contribution in [2.75, 3.05) is 0 Å². The van der Waals surface area contributed by atoms with E-state index in [0.717, 1.165) is 22.5 Å². The van der Waals surface area contributed by atoms with Gasteiger partial charge in [-0.15, -0.1) is 0 Å². The average Bonchev–Trinajstić information content (AvgIpc) is 2.58. The van der Waals surface area contributed by atoms with Crippen LogP contribution in [0.15, 0.2) is 29.1 Å². The second-order valence-electron chi connectivity index (χ2n) is 4.65. The first-order valence-electron chi connectivity index (χ1n) is 5.73. The van der Waals surface area contributed by atoms with Gasteiger partial charge in [0.1, 0.15) is 11.5 Å². The first-order chi connectivity index (χ1) is 8.47. The van der Waals surface area contributed by atoms with Gasteiger partial charge in [-0.2, -0.15) is 0 Å². The highest BCUT2D eigenvalue weighted by molar-refractivity contribution is 5.33. The molecule has 0 saturated carbocycles. The van der Waals surface area contributed by atoms with Gasteiger partial charge in [0.05, 0.1) is 0 Å². The largest absolute Gasteiger partial charge is 0.295 e. The van der Waals surface area contributed by atoms with E-state index >= 15 is 0 Å². The van der Waals surface area contributed by atoms with Gasteiger partial charge in [0, 0.05) is 17.8 Å². The van der Waals surface area contributed by atoms with Gasteiger partial charge in [0.2, 0.25) is 0 Å². The van der Waals surface area contributed by atoms with E-state index in [1.54, 1.807) is 0 Å². The molecule has 0 aliphatic rings. The topological polar surface area (TPSA) is 37.8 Å². The first-order valence-corrected chi connectivity index (χ1v) is 5.73. The average molecular weight is 252 g/mol. The summed E-state index contributed by atoms with van der Waals surface area (Å²) in [5.74, 6) is -1.05. The lowest BCUT2D eigenvalue weighted by Crippen LogP contribution is -2.15. The third-order valence-corrected chi connectivity index (χ3v) is 2.55. The molecule has 1 aromatic carbocycles. The Kier molecular flexibility index (Phi) is 3.32. The number of halogens is 2. The number of aromatic nitrogens is 2. The molecular formula is C13H14F2N2O. The third kappa shape index (κ3) is 2.50. The van der Waals surface area contributed by atoms with Crippen LogP contribution in [0.2, 0.25) is 0 Å². The molecule has 5 heteroatoms. The Balaban J connectivity index is 2.44. The molecule has 1 heterocycles. The molecule has 0 amide bonds. The van der Waals surface area contributed by atoms with Crippen molar-refractivity contribution in [1.29, 1.82) is 0 Å². The van der Waals surface area contributed by atoms with Crippen molar-refractivity contribution in [2.45, 2.75) is 20.3 Å². The van der Waals surface area contributed by atoms with Crippen LogP contribution >= 0.6 is 0 Å². The number of hydrogen-bond donors (Lipinski definition) is 1. The number of benzene rings is 1. The van der Waals surface area contributed by atoms with Gasteiger partial charge in [-0.1, -0.05) is 13.8 Å². The van der Waals surface area contributed by atoms with Gasteiger partial charge in [-0.25, -0.2) is 13.5 Å². The van der Waals surface area contributed by atoms with E-state index in [1.165, 1.54) is 12.1 Å². The summed E-state index contributed by atoms with van der Waals surface area (Å²) in [5.41, 5.74) is 0.409. The SMILES string of the molecule is CC(C)Cc1cc(=O)n(-c2ccc(F)cc2F)[nH]1. The summed E-state index contributed by atoms with van der Waals surface area (Å²) in [4.78, 5) is 11.7. The van der Waals surface area contributed by atoms with Gasteiger partial charge in [-0.05, 0) is 24.5 Å². The zero-order valence-electron chi connectivity index (χ0n) is 10.2. The molecule has 18 heavy (non-hydrogen) atoms. The molecule has 2 aromatic rings. The van der Waals surface area contributed by atoms with E-state index < -0.39 is 11.6 Å². The molecule has 0 aliphatic carbocycles. The fraction of sp³-hybridized carbons (Fsp3) is 0.308. The van der Waals surface area contributed by atoms with Crippen LogP contribution in [0.5, 0.6) is 0 Å². The number of rotatable bonds is 3. The number of nitrogens with zero attached hydrogens (tertiary/aromatic N) is 1. The van der Waals surface area contributed by atoms with Gasteiger partial charge >= 0.3 is 0 Å². The summed E-state index contributed by atoms with van der Waals surface area (Å²) in [5, 5.41) is 2.83. The van der Waals surface area contributed by atoms with Gasteiger partial charge < -0.3 is 0 Å². The lowest BCUT2D eigenvalue weighted by molar-refractivity contribution is 0.570. The van der Waals surface area contributed by atoms with E-state index in [-0.39, 0.29) is 11.2 Å². The molecule has 0 atom stereocenters. The zero-order chi connectivity index (χ0) is 13.3. The lowest BCUT2D eigenvalue weighted by atomic mass is 10.1. The van der Waals surface area contributed by atoms with Crippen molar-refractivity contribution in [3.63, 3.8) is 0 Å². The van der Waals surface area contributed by atoms with Crippen LogP contribution in [0.4, 0.5) is 8.78 Å². The van der Waals surface area contributed by atoms with E-state index in [0.29, 0.717) is 12.3 Å². The Morgan fingerprint density at radius 1 is 1.28 bits per heavy atom. The van der Waals surface area contributed by atoms with E-state index in [1.807, 2.05) is 13.8 Å². The van der Waals surface area contributed by atoms with Crippen LogP contribution in [0.25, 0.3) is 5.69 Å². The predicted octanol–water partition coefficient (Wildman–Crippen LogP) is 2.64. The van der Waals surface area contributed by atoms with Crippen molar-refractivity contribution in [3.05, 3.63) is 51.9 Å². The Bertz CT molecular complexity index is 614. The van der Waals surface area contributed by atoms with E-state index in [4.69, 9.17) is 0 Å². The number of H-pyrrole nitrogens is 1. The van der Waals surface area contributed by atoms with Crippen LogP contribution in [0.3, 0.4) is 0 Å². The quantitative estimate of drug-likeness (QED) is 0.896. The lowest BCUT2D eigenvalue weighted by Gasteiger charge is -2.04. The van der Waals surface area contributed by atoms with Crippen LogP contribution in [-0.4, -0.2) is 9.78 Å². The van der Waals surface area contributed by atoms with Gasteiger partial charge in [0.25, 0.3) is 5.56 Å². The first kappa shape index (κ1) is 12.5. The molecule has 0 saturated heterocycles. The van der Waals surface area contributed by atoms with Crippen molar-refractivity contribution in [3.8, 4) is 5.69 Å². The molecular weight excluding hydrogens is 238 g/mol. The van der Waals surface area contributed by atoms with Crippen LogP contribution in [0.1, 0.15) is 19.5 Å². The van der Waals surface area contributed by atoms with Crippen molar-refractivity contribution in [1.82, 2.24) is 9.78 Å². The maximum absolute atomic E-state index is 13.6. The normalized spacial score (nSPS) is 11.2. The number of nitrogens with one attached hydrogen (secondary N) is 1. The van der Waals surface area contributed by atoms with Crippen LogP contribution in [-0.2, 0) is 6.42 Å². The second-order valence-corrected chi connectivity index (χ2v) is 4.65. The highest BCUT2D eigenvalue weighted by Crippen LogP contribution is 2.13. The monoisotopic (exact) mass is 252 g/mol. The van der Waals surface area contributed by atoms with E-state index in [9.17, 15) is 13.6 Å². The molecule has 0 spiro atoms. The zero-order valence-corrected chi connectivity index (χ0v) is 10.2. The maximum atomic E-state index is 13.6. The summed E-state index contributed by atoms with van der Waals surface area (Å²) in [6.07, 6.45) is 0.699. The summed E-state index contributed by atoms with van der Waals surface area (Å²) in [6.45, 7) is 4.04. The minimum absolute atomic E-state index is 0.0245. The molecule has 1 N–H and O–H groups in total. The molecule has 0 bridgehead atoms. The van der Waals surface area contributed by atoms with Crippen molar-refractivity contribution < 1.29 is 8.78 Å². The molecule has 1 aromatic heterocycles. The number of hydrogen-bond acceptors (Lipinski definition) is 1. The minimum atomic E-state index is -0.768. The van der Waals surface area contributed by atoms with E-state index in [2.05, 4.69) is 5.10 Å². The maximum Gasteiger partial charge on any atom is 0.271 e. The molecule has 96 valence electrons. The van der Waals surface area contributed by atoms with Crippen molar-refractivity contribution >= 4 is 0 Å². The van der Waals surface area contributed by atoms with Crippen molar-refractivity contribution in [2.24, 2.45) is 5.92 Å². The van der Waals surface area contributed by atoms with Gasteiger partial charge in [0.15, 0.2) is 5.82 Å². The molecule has 3 nitrogen and oxygen atoms in total. The molecule has 0 radical (unpaired) electrons. The summed E-state index contributed by atoms with van der Waals surface area (Å²) in [6, 6.07) is 4.54. The summed E-state index contributed by atoms with van der Waals surface area (Å²) >= 11 is 0. The second kappa shape index (κ2) is 4.76. The summed E-state index contributed by atoms with van der Waals surface area (Å²) < 4.78 is 27.5. The minimum Gasteiger partial charge on any atom is -0.295 e. The van der Waals surface area contributed by atoms with Crippen LogP contribution < -0.4 is 5.56 Å². The Morgan fingerprint density at radius 2 is 2.00 bits per heavy atom. The highest BCUT2D eigenvalue weighted by Gasteiger charge is 2.11.